The van der Waals surface area contributed by atoms with Crippen molar-refractivity contribution in [2.75, 3.05) is 12.3 Å². The van der Waals surface area contributed by atoms with Crippen molar-refractivity contribution in [3.8, 4) is 0 Å². The first kappa shape index (κ1) is 20.0. The Morgan fingerprint density at radius 1 is 1.18 bits per heavy atom. The maximum Gasteiger partial charge on any atom is 0.332 e. The average molecular weight is 390 g/mol. The van der Waals surface area contributed by atoms with Crippen molar-refractivity contribution < 1.29 is 9.32 Å². The minimum absolute atomic E-state index is 0.120. The molecule has 0 aromatic carbocycles. The number of hydrogen-bond acceptors (Lipinski definition) is 8. The molecule has 28 heavy (non-hydrogen) atoms. The molecule has 1 aliphatic rings. The molecule has 0 atom stereocenters. The summed E-state index contributed by atoms with van der Waals surface area (Å²) in [6.07, 6.45) is 5.67. The van der Waals surface area contributed by atoms with E-state index in [2.05, 4.69) is 15.5 Å². The highest BCUT2D eigenvalue weighted by Gasteiger charge is 2.37. The van der Waals surface area contributed by atoms with Gasteiger partial charge in [0.05, 0.1) is 12.1 Å². The molecular weight excluding hydrogens is 364 g/mol. The molecule has 0 saturated heterocycles. The molecule has 0 aliphatic heterocycles. The van der Waals surface area contributed by atoms with E-state index in [0.29, 0.717) is 11.7 Å². The fourth-order valence-corrected chi connectivity index (χ4v) is 3.77. The van der Waals surface area contributed by atoms with E-state index >= 15 is 0 Å². The third kappa shape index (κ3) is 3.51. The third-order valence-corrected chi connectivity index (χ3v) is 5.49. The first-order chi connectivity index (χ1) is 13.3. The van der Waals surface area contributed by atoms with E-state index in [1.54, 1.807) is 6.92 Å². The summed E-state index contributed by atoms with van der Waals surface area (Å²) in [7, 11) is 2.75. The van der Waals surface area contributed by atoms with Gasteiger partial charge in [-0.05, 0) is 12.8 Å². The van der Waals surface area contributed by atoms with Crippen molar-refractivity contribution in [3.05, 3.63) is 38.1 Å². The van der Waals surface area contributed by atoms with E-state index in [1.165, 1.54) is 14.1 Å². The molecule has 0 spiro atoms. The van der Waals surface area contributed by atoms with Crippen molar-refractivity contribution in [1.82, 2.24) is 24.6 Å². The quantitative estimate of drug-likeness (QED) is 0.552. The van der Waals surface area contributed by atoms with Crippen LogP contribution in [0.1, 0.15) is 60.6 Å². The zero-order valence-electron chi connectivity index (χ0n) is 16.4. The van der Waals surface area contributed by atoms with Gasteiger partial charge in [0.15, 0.2) is 11.6 Å². The van der Waals surface area contributed by atoms with Crippen LogP contribution < -0.4 is 22.3 Å². The summed E-state index contributed by atoms with van der Waals surface area (Å²) in [6.45, 7) is 1.60. The highest BCUT2D eigenvalue weighted by molar-refractivity contribution is 6.01. The summed E-state index contributed by atoms with van der Waals surface area (Å²) in [5, 5.41) is 7.37. The molecule has 10 nitrogen and oxygen atoms in total. The SMILES string of the molecule is Cc1nc(C2(NCC(=O)c3c(N)n(C)c(=O)n(C)c3=O)CCCCCC2)no1. The molecular formula is C18H26N6O4. The van der Waals surface area contributed by atoms with E-state index in [4.69, 9.17) is 10.3 Å². The van der Waals surface area contributed by atoms with Gasteiger partial charge in [0, 0.05) is 21.0 Å². The topological polar surface area (TPSA) is 138 Å². The van der Waals surface area contributed by atoms with Crippen molar-refractivity contribution >= 4 is 11.6 Å². The van der Waals surface area contributed by atoms with Crippen LogP contribution in [-0.2, 0) is 19.6 Å². The van der Waals surface area contributed by atoms with Gasteiger partial charge in [-0.15, -0.1) is 0 Å². The number of carbonyl (C=O) groups is 1. The molecule has 0 bridgehead atoms. The molecule has 1 aliphatic carbocycles. The number of nitrogens with zero attached hydrogens (tertiary/aromatic N) is 4. The number of nitrogens with two attached hydrogens (primary N) is 1. The minimum Gasteiger partial charge on any atom is -0.384 e. The Bertz CT molecular complexity index is 994. The van der Waals surface area contributed by atoms with Crippen molar-refractivity contribution in [2.24, 2.45) is 14.1 Å². The van der Waals surface area contributed by atoms with Crippen LogP contribution in [0.25, 0.3) is 0 Å². The Hall–Kier alpha value is -2.75. The van der Waals surface area contributed by atoms with Crippen molar-refractivity contribution in [1.29, 1.82) is 0 Å². The number of Topliss-reactive ketones (excluding diaryl/α,β-unsaturated/α-hetero) is 1. The van der Waals surface area contributed by atoms with Gasteiger partial charge < -0.3 is 10.3 Å². The van der Waals surface area contributed by atoms with Crippen molar-refractivity contribution in [2.45, 2.75) is 51.0 Å². The standard InChI is InChI=1S/C18H26N6O4/c1-11-21-16(22-28-11)18(8-6-4-5-7-9-18)20-10-12(25)13-14(19)23(2)17(27)24(3)15(13)26/h20H,4-10,19H2,1-3H3. The number of aromatic nitrogens is 4. The number of nitrogen functional groups attached to an aromatic ring is 1. The number of anilines is 1. The summed E-state index contributed by atoms with van der Waals surface area (Å²) in [4.78, 5) is 41.7. The van der Waals surface area contributed by atoms with Crippen molar-refractivity contribution in [3.63, 3.8) is 0 Å². The van der Waals surface area contributed by atoms with Crippen LogP contribution >= 0.6 is 0 Å². The van der Waals surface area contributed by atoms with Crippen LogP contribution in [0, 0.1) is 6.92 Å². The number of hydrogen-bond donors (Lipinski definition) is 2. The second-order valence-electron chi connectivity index (χ2n) is 7.38. The monoisotopic (exact) mass is 390 g/mol. The number of rotatable bonds is 5. The molecule has 3 rings (SSSR count). The van der Waals surface area contributed by atoms with E-state index in [1.807, 2.05) is 0 Å². The van der Waals surface area contributed by atoms with Crippen LogP contribution in [0.3, 0.4) is 0 Å². The van der Waals surface area contributed by atoms with E-state index in [0.717, 1.165) is 47.7 Å². The minimum atomic E-state index is -0.697. The van der Waals surface area contributed by atoms with Crippen LogP contribution in [0.4, 0.5) is 5.82 Å². The summed E-state index contributed by atoms with van der Waals surface area (Å²) >= 11 is 0. The Kier molecular flexibility index (Phi) is 5.50. The Morgan fingerprint density at radius 3 is 2.39 bits per heavy atom. The molecule has 0 unspecified atom stereocenters. The predicted octanol–water partition coefficient (Wildman–Crippen LogP) is 0.380. The Labute approximate surface area is 161 Å². The number of ketones is 1. The predicted molar refractivity (Wildman–Crippen MR) is 102 cm³/mol. The fourth-order valence-electron chi connectivity index (χ4n) is 3.77. The van der Waals surface area contributed by atoms with Gasteiger partial charge in [0.2, 0.25) is 5.89 Å². The van der Waals surface area contributed by atoms with Gasteiger partial charge in [-0.2, -0.15) is 4.98 Å². The van der Waals surface area contributed by atoms with E-state index < -0.39 is 22.6 Å². The summed E-state index contributed by atoms with van der Waals surface area (Å²) in [5.74, 6) is 0.381. The molecule has 1 saturated carbocycles. The van der Waals surface area contributed by atoms with Crippen LogP contribution in [0.15, 0.2) is 14.1 Å². The van der Waals surface area contributed by atoms with E-state index in [9.17, 15) is 14.4 Å². The second-order valence-corrected chi connectivity index (χ2v) is 7.38. The molecule has 2 aromatic rings. The van der Waals surface area contributed by atoms with Gasteiger partial charge in [0.1, 0.15) is 11.4 Å². The molecule has 2 aromatic heterocycles. The summed E-state index contributed by atoms with van der Waals surface area (Å²) < 4.78 is 7.14. The maximum absolute atomic E-state index is 12.9. The summed E-state index contributed by atoms with van der Waals surface area (Å²) in [6, 6.07) is 0. The molecule has 2 heterocycles. The van der Waals surface area contributed by atoms with E-state index in [-0.39, 0.29) is 17.9 Å². The highest BCUT2D eigenvalue weighted by Crippen LogP contribution is 2.34. The molecule has 152 valence electrons. The lowest BCUT2D eigenvalue weighted by atomic mass is 9.89. The van der Waals surface area contributed by atoms with Crippen LogP contribution in [0.5, 0.6) is 0 Å². The second kappa shape index (κ2) is 7.70. The average Bonchev–Trinajstić information content (AvgIpc) is 2.98. The smallest absolute Gasteiger partial charge is 0.332 e. The zero-order valence-corrected chi connectivity index (χ0v) is 16.4. The summed E-state index contributed by atoms with van der Waals surface area (Å²) in [5.41, 5.74) is 3.84. The third-order valence-electron chi connectivity index (χ3n) is 5.49. The van der Waals surface area contributed by atoms with Gasteiger partial charge in [-0.25, -0.2) is 4.79 Å². The normalized spacial score (nSPS) is 16.7. The maximum atomic E-state index is 12.9. The number of nitrogens with one attached hydrogen (secondary N) is 1. The molecule has 0 radical (unpaired) electrons. The van der Waals surface area contributed by atoms with Gasteiger partial charge in [0.25, 0.3) is 5.56 Å². The Morgan fingerprint density at radius 2 is 1.82 bits per heavy atom. The van der Waals surface area contributed by atoms with Gasteiger partial charge in [-0.3, -0.25) is 24.0 Å². The lowest BCUT2D eigenvalue weighted by Gasteiger charge is -2.30. The molecule has 1 fully saturated rings. The largest absolute Gasteiger partial charge is 0.384 e. The van der Waals surface area contributed by atoms with Crippen LogP contribution in [-0.4, -0.2) is 31.6 Å². The Balaban J connectivity index is 1.91. The molecule has 3 N–H and O–H groups in total. The fraction of sp³-hybridized carbons (Fsp3) is 0.611. The van der Waals surface area contributed by atoms with Gasteiger partial charge >= 0.3 is 5.69 Å². The molecule has 0 amide bonds. The zero-order chi connectivity index (χ0) is 20.5. The lowest BCUT2D eigenvalue weighted by molar-refractivity contribution is 0.0968. The lowest BCUT2D eigenvalue weighted by Crippen LogP contribution is -2.47. The number of carbonyl (C=O) groups excluding carboxylic acids is 1. The number of aryl methyl sites for hydroxylation is 1. The van der Waals surface area contributed by atoms with Gasteiger partial charge in [-0.1, -0.05) is 30.8 Å². The van der Waals surface area contributed by atoms with Crippen LogP contribution in [0.2, 0.25) is 0 Å². The highest BCUT2D eigenvalue weighted by atomic mass is 16.5. The molecule has 10 heteroatoms. The first-order valence-electron chi connectivity index (χ1n) is 9.41. The first-order valence-corrected chi connectivity index (χ1v) is 9.41.